The summed E-state index contributed by atoms with van der Waals surface area (Å²) in [6, 6.07) is 14.6. The molecule has 0 bridgehead atoms. The van der Waals surface area contributed by atoms with Gasteiger partial charge in [0.2, 0.25) is 0 Å². The van der Waals surface area contributed by atoms with Crippen molar-refractivity contribution in [3.05, 3.63) is 64.7 Å². The van der Waals surface area contributed by atoms with Gasteiger partial charge in [-0.3, -0.25) is 9.59 Å². The molecular formula is C22H25N4O2+. The molecule has 2 aromatic rings. The lowest BCUT2D eigenvalue weighted by atomic mass is 10.1. The summed E-state index contributed by atoms with van der Waals surface area (Å²) in [5, 5.41) is 11.9. The van der Waals surface area contributed by atoms with E-state index in [1.54, 1.807) is 24.3 Å². The summed E-state index contributed by atoms with van der Waals surface area (Å²) in [6.07, 6.45) is 0. The Balaban J connectivity index is 1.50. The standard InChI is InChI=1S/C22H24N4O2/c1-16-4-3-5-20(17(16)2)24-21(27)15-25-10-12-26(13-11-25)22(28)19-8-6-18(14-23)7-9-19/h3-9H,10-13,15H2,1-2H3,(H,24,27)/p+1. The molecule has 6 heteroatoms. The van der Waals surface area contributed by atoms with Crippen LogP contribution in [0.2, 0.25) is 0 Å². The van der Waals surface area contributed by atoms with Crippen LogP contribution in [0.1, 0.15) is 27.0 Å². The first kappa shape index (κ1) is 19.6. The van der Waals surface area contributed by atoms with E-state index >= 15 is 0 Å². The number of nitriles is 1. The molecule has 0 aliphatic carbocycles. The third-order valence-corrected chi connectivity index (χ3v) is 5.31. The summed E-state index contributed by atoms with van der Waals surface area (Å²) in [4.78, 5) is 28.0. The Bertz CT molecular complexity index is 907. The second-order valence-corrected chi connectivity index (χ2v) is 7.20. The van der Waals surface area contributed by atoms with Crippen molar-refractivity contribution in [2.45, 2.75) is 13.8 Å². The number of carbonyl (C=O) groups is 2. The monoisotopic (exact) mass is 377 g/mol. The summed E-state index contributed by atoms with van der Waals surface area (Å²) >= 11 is 0. The van der Waals surface area contributed by atoms with Crippen LogP contribution in [-0.2, 0) is 4.79 Å². The molecular weight excluding hydrogens is 352 g/mol. The molecule has 0 spiro atoms. The normalized spacial score (nSPS) is 14.4. The largest absolute Gasteiger partial charge is 0.327 e. The fourth-order valence-electron chi connectivity index (χ4n) is 3.38. The number of nitrogens with zero attached hydrogens (tertiary/aromatic N) is 2. The average molecular weight is 377 g/mol. The molecule has 0 radical (unpaired) electrons. The molecule has 144 valence electrons. The number of amides is 2. The number of hydrogen-bond donors (Lipinski definition) is 2. The Labute approximate surface area is 165 Å². The van der Waals surface area contributed by atoms with Crippen LogP contribution < -0.4 is 10.2 Å². The number of hydrogen-bond acceptors (Lipinski definition) is 3. The van der Waals surface area contributed by atoms with E-state index in [-0.39, 0.29) is 11.8 Å². The van der Waals surface area contributed by atoms with Crippen LogP contribution >= 0.6 is 0 Å². The molecule has 1 aliphatic heterocycles. The molecule has 1 aliphatic rings. The smallest absolute Gasteiger partial charge is 0.279 e. The Morgan fingerprint density at radius 1 is 1.11 bits per heavy atom. The quantitative estimate of drug-likeness (QED) is 0.839. The Hall–Kier alpha value is -3.17. The number of benzene rings is 2. The molecule has 3 rings (SSSR count). The van der Waals surface area contributed by atoms with Gasteiger partial charge < -0.3 is 15.1 Å². The van der Waals surface area contributed by atoms with Crippen molar-refractivity contribution in [2.24, 2.45) is 0 Å². The molecule has 1 heterocycles. The summed E-state index contributed by atoms with van der Waals surface area (Å²) in [6.45, 7) is 7.14. The third kappa shape index (κ3) is 4.56. The van der Waals surface area contributed by atoms with Crippen LogP contribution in [0.5, 0.6) is 0 Å². The summed E-state index contributed by atoms with van der Waals surface area (Å²) in [7, 11) is 0. The maximum absolute atomic E-state index is 12.6. The summed E-state index contributed by atoms with van der Waals surface area (Å²) in [5.41, 5.74) is 4.23. The van der Waals surface area contributed by atoms with Gasteiger partial charge in [-0.2, -0.15) is 5.26 Å². The Morgan fingerprint density at radius 2 is 1.79 bits per heavy atom. The lowest BCUT2D eigenvalue weighted by Gasteiger charge is -2.32. The topological polar surface area (TPSA) is 77.6 Å². The molecule has 2 N–H and O–H groups in total. The summed E-state index contributed by atoms with van der Waals surface area (Å²) < 4.78 is 0. The predicted molar refractivity (Wildman–Crippen MR) is 107 cm³/mol. The second kappa shape index (κ2) is 8.68. The lowest BCUT2D eigenvalue weighted by Crippen LogP contribution is -3.15. The number of quaternary nitrogens is 1. The number of aryl methyl sites for hydroxylation is 1. The maximum atomic E-state index is 12.6. The highest BCUT2D eigenvalue weighted by Crippen LogP contribution is 2.17. The highest BCUT2D eigenvalue weighted by molar-refractivity contribution is 5.94. The van der Waals surface area contributed by atoms with E-state index in [9.17, 15) is 9.59 Å². The van der Waals surface area contributed by atoms with E-state index in [1.165, 1.54) is 4.90 Å². The van der Waals surface area contributed by atoms with Gasteiger partial charge in [0.15, 0.2) is 6.54 Å². The van der Waals surface area contributed by atoms with Crippen molar-refractivity contribution in [3.8, 4) is 6.07 Å². The van der Waals surface area contributed by atoms with Gasteiger partial charge in [0.25, 0.3) is 11.8 Å². The first-order chi connectivity index (χ1) is 13.5. The molecule has 0 aromatic heterocycles. The SMILES string of the molecule is Cc1cccc(NC(=O)C[NH+]2CCN(C(=O)c3ccc(C#N)cc3)CC2)c1C. The van der Waals surface area contributed by atoms with Gasteiger partial charge in [0.05, 0.1) is 37.8 Å². The third-order valence-electron chi connectivity index (χ3n) is 5.31. The molecule has 1 saturated heterocycles. The molecule has 6 nitrogen and oxygen atoms in total. The zero-order valence-electron chi connectivity index (χ0n) is 16.3. The zero-order chi connectivity index (χ0) is 20.1. The van der Waals surface area contributed by atoms with E-state index in [0.29, 0.717) is 30.8 Å². The molecule has 0 saturated carbocycles. The second-order valence-electron chi connectivity index (χ2n) is 7.20. The number of piperazine rings is 1. The fraction of sp³-hybridized carbons (Fsp3) is 0.318. The van der Waals surface area contributed by atoms with Gasteiger partial charge in [-0.1, -0.05) is 12.1 Å². The van der Waals surface area contributed by atoms with Crippen LogP contribution in [0.3, 0.4) is 0 Å². The number of carbonyl (C=O) groups excluding carboxylic acids is 2. The number of rotatable bonds is 4. The Morgan fingerprint density at radius 3 is 2.43 bits per heavy atom. The molecule has 2 amide bonds. The highest BCUT2D eigenvalue weighted by atomic mass is 16.2. The minimum absolute atomic E-state index is 0.00410. The van der Waals surface area contributed by atoms with Crippen LogP contribution in [0, 0.1) is 25.2 Å². The molecule has 28 heavy (non-hydrogen) atoms. The van der Waals surface area contributed by atoms with Gasteiger partial charge in [-0.25, -0.2) is 0 Å². The Kier molecular flexibility index (Phi) is 6.07. The van der Waals surface area contributed by atoms with E-state index in [1.807, 2.05) is 36.9 Å². The molecule has 0 unspecified atom stereocenters. The zero-order valence-corrected chi connectivity index (χ0v) is 16.3. The summed E-state index contributed by atoms with van der Waals surface area (Å²) in [5.74, 6) is -0.0288. The molecule has 2 aromatic carbocycles. The predicted octanol–water partition coefficient (Wildman–Crippen LogP) is 1.15. The van der Waals surface area contributed by atoms with Gasteiger partial charge in [0, 0.05) is 11.3 Å². The van der Waals surface area contributed by atoms with Crippen molar-refractivity contribution < 1.29 is 14.5 Å². The maximum Gasteiger partial charge on any atom is 0.279 e. The highest BCUT2D eigenvalue weighted by Gasteiger charge is 2.26. The number of nitrogens with one attached hydrogen (secondary N) is 2. The average Bonchev–Trinajstić information content (AvgIpc) is 2.71. The first-order valence-electron chi connectivity index (χ1n) is 9.47. The van der Waals surface area contributed by atoms with Crippen molar-refractivity contribution in [2.75, 3.05) is 38.0 Å². The van der Waals surface area contributed by atoms with Crippen LogP contribution in [0.15, 0.2) is 42.5 Å². The van der Waals surface area contributed by atoms with Crippen LogP contribution in [0.25, 0.3) is 0 Å². The molecule has 1 fully saturated rings. The fourth-order valence-corrected chi connectivity index (χ4v) is 3.38. The van der Waals surface area contributed by atoms with Crippen molar-refractivity contribution in [3.63, 3.8) is 0 Å². The van der Waals surface area contributed by atoms with Crippen molar-refractivity contribution in [1.29, 1.82) is 5.26 Å². The van der Waals surface area contributed by atoms with E-state index < -0.39 is 0 Å². The minimum atomic E-state index is -0.0247. The first-order valence-corrected chi connectivity index (χ1v) is 9.47. The molecule has 0 atom stereocenters. The van der Waals surface area contributed by atoms with Crippen LogP contribution in [0.4, 0.5) is 5.69 Å². The van der Waals surface area contributed by atoms with Gasteiger partial charge in [0.1, 0.15) is 0 Å². The van der Waals surface area contributed by atoms with E-state index in [4.69, 9.17) is 5.26 Å². The van der Waals surface area contributed by atoms with E-state index in [2.05, 4.69) is 11.4 Å². The van der Waals surface area contributed by atoms with Crippen LogP contribution in [-0.4, -0.2) is 49.4 Å². The van der Waals surface area contributed by atoms with Crippen molar-refractivity contribution >= 4 is 17.5 Å². The van der Waals surface area contributed by atoms with Gasteiger partial charge in [-0.15, -0.1) is 0 Å². The lowest BCUT2D eigenvalue weighted by molar-refractivity contribution is -0.895. The van der Waals surface area contributed by atoms with Gasteiger partial charge >= 0.3 is 0 Å². The van der Waals surface area contributed by atoms with Crippen molar-refractivity contribution in [1.82, 2.24) is 4.90 Å². The number of anilines is 1. The van der Waals surface area contributed by atoms with E-state index in [0.717, 1.165) is 29.9 Å². The van der Waals surface area contributed by atoms with Gasteiger partial charge in [-0.05, 0) is 55.3 Å². The minimum Gasteiger partial charge on any atom is -0.327 e.